The number of hydrogen-bond donors (Lipinski definition) is 0. The molecule has 0 aliphatic rings. The fourth-order valence-electron chi connectivity index (χ4n) is 9.11. The van der Waals surface area contributed by atoms with E-state index in [9.17, 15) is 0 Å². The Morgan fingerprint density at radius 1 is 0.244 bits per heavy atom. The van der Waals surface area contributed by atoms with E-state index in [0.717, 1.165) is 0 Å². The third kappa shape index (κ3) is 36.6. The van der Waals surface area contributed by atoms with Crippen molar-refractivity contribution in [3.63, 3.8) is 0 Å². The summed E-state index contributed by atoms with van der Waals surface area (Å²) in [5, 5.41) is 0. The Morgan fingerprint density at radius 3 is 1.06 bits per heavy atom. The Labute approximate surface area is 513 Å². The first-order valence-corrected chi connectivity index (χ1v) is 32.9. The summed E-state index contributed by atoms with van der Waals surface area (Å²) in [5.41, 5.74) is 18.5. The van der Waals surface area contributed by atoms with Gasteiger partial charge in [-0.25, -0.2) is 0 Å². The number of aryl methyl sites for hydroxylation is 11. The summed E-state index contributed by atoms with van der Waals surface area (Å²) in [6.07, 6.45) is 28.1. The first-order chi connectivity index (χ1) is 40.0. The van der Waals surface area contributed by atoms with E-state index in [0.29, 0.717) is 0 Å². The normalized spacial score (nSPS) is 10.0. The van der Waals surface area contributed by atoms with Crippen LogP contribution >= 0.6 is 15.9 Å². The smallest absolute Gasteiger partial charge is 0.0177 e. The Kier molecular flexibility index (Phi) is 43.0. The summed E-state index contributed by atoms with van der Waals surface area (Å²) in [6.45, 7) is 24.2. The predicted octanol–water partition coefficient (Wildman–Crippen LogP) is 25.3. The summed E-state index contributed by atoms with van der Waals surface area (Å²) in [5.74, 6) is 0. The van der Waals surface area contributed by atoms with Gasteiger partial charge < -0.3 is 0 Å². The number of unbranched alkanes of at least 4 members (excludes halogenated alkanes) is 8. The molecule has 0 saturated heterocycles. The molecule has 0 fully saturated rings. The molecule has 8 aromatic carbocycles. The van der Waals surface area contributed by atoms with Crippen molar-refractivity contribution in [3.8, 4) is 11.1 Å². The zero-order valence-electron chi connectivity index (χ0n) is 53.6. The van der Waals surface area contributed by atoms with Gasteiger partial charge in [0.15, 0.2) is 0 Å². The molecular formula is C81H111Br. The Balaban J connectivity index is 0.000000328. The Bertz CT molecular complexity index is 2600. The molecule has 0 aromatic heterocycles. The van der Waals surface area contributed by atoms with E-state index in [1.807, 2.05) is 0 Å². The molecule has 82 heavy (non-hydrogen) atoms. The monoisotopic (exact) mass is 1160 g/mol. The lowest BCUT2D eigenvalue weighted by molar-refractivity contribution is 0.717. The molecular weight excluding hydrogens is 1050 g/mol. The maximum Gasteiger partial charge on any atom is 0.0177 e. The lowest BCUT2D eigenvalue weighted by Crippen LogP contribution is -1.87. The summed E-state index contributed by atoms with van der Waals surface area (Å²) < 4.78 is 1.19. The van der Waals surface area contributed by atoms with Gasteiger partial charge in [0, 0.05) is 4.47 Å². The molecule has 0 heterocycles. The summed E-state index contributed by atoms with van der Waals surface area (Å²) >= 11 is 3.45. The van der Waals surface area contributed by atoms with Crippen LogP contribution in [-0.4, -0.2) is 0 Å². The third-order valence-corrected chi connectivity index (χ3v) is 14.8. The SMILES string of the molecule is CCCCCc1ccccc1.CCCCc1ccc(C)cc1.CCCCc1cccc(-c2ccccc2)c1.CCCCc1cccc(Br)c1.CCCCc1cccc(C)c1.CCCCc1cccc(C)c1.CCCCc1ccccc1C. The van der Waals surface area contributed by atoms with Crippen LogP contribution in [0.4, 0.5) is 0 Å². The highest BCUT2D eigenvalue weighted by molar-refractivity contribution is 9.10. The van der Waals surface area contributed by atoms with Crippen molar-refractivity contribution in [2.45, 2.75) is 217 Å². The molecule has 0 aliphatic heterocycles. The first-order valence-electron chi connectivity index (χ1n) is 32.1. The van der Waals surface area contributed by atoms with Gasteiger partial charge in [-0.05, 0) is 185 Å². The van der Waals surface area contributed by atoms with Crippen molar-refractivity contribution in [1.82, 2.24) is 0 Å². The van der Waals surface area contributed by atoms with Crippen LogP contribution in [0, 0.1) is 27.7 Å². The molecule has 442 valence electrons. The van der Waals surface area contributed by atoms with Gasteiger partial charge in [0.25, 0.3) is 0 Å². The molecule has 0 atom stereocenters. The van der Waals surface area contributed by atoms with E-state index in [1.54, 1.807) is 0 Å². The van der Waals surface area contributed by atoms with Crippen LogP contribution in [0.5, 0.6) is 0 Å². The minimum Gasteiger partial charge on any atom is -0.0654 e. The second-order valence-corrected chi connectivity index (χ2v) is 23.1. The van der Waals surface area contributed by atoms with Gasteiger partial charge >= 0.3 is 0 Å². The maximum absolute atomic E-state index is 3.45. The average molecular weight is 1160 g/mol. The van der Waals surface area contributed by atoms with Crippen LogP contribution in [0.25, 0.3) is 11.1 Å². The van der Waals surface area contributed by atoms with Crippen molar-refractivity contribution in [2.24, 2.45) is 0 Å². The van der Waals surface area contributed by atoms with E-state index in [2.05, 4.69) is 298 Å². The second-order valence-electron chi connectivity index (χ2n) is 22.2. The van der Waals surface area contributed by atoms with Crippen molar-refractivity contribution in [3.05, 3.63) is 272 Å². The largest absolute Gasteiger partial charge is 0.0654 e. The number of benzene rings is 8. The van der Waals surface area contributed by atoms with Crippen molar-refractivity contribution < 1.29 is 0 Å². The Hall–Kier alpha value is -5.76. The van der Waals surface area contributed by atoms with Crippen LogP contribution < -0.4 is 0 Å². The third-order valence-electron chi connectivity index (χ3n) is 14.3. The predicted molar refractivity (Wildman–Crippen MR) is 372 cm³/mol. The molecule has 0 saturated carbocycles. The molecule has 0 bridgehead atoms. The van der Waals surface area contributed by atoms with Gasteiger partial charge in [-0.15, -0.1) is 0 Å². The van der Waals surface area contributed by atoms with Gasteiger partial charge in [-0.2, -0.15) is 0 Å². The van der Waals surface area contributed by atoms with Crippen LogP contribution in [0.15, 0.2) is 211 Å². The van der Waals surface area contributed by atoms with E-state index in [1.165, 1.54) is 218 Å². The van der Waals surface area contributed by atoms with Gasteiger partial charge in [-0.1, -0.05) is 327 Å². The Morgan fingerprint density at radius 2 is 0.598 bits per heavy atom. The molecule has 0 radical (unpaired) electrons. The van der Waals surface area contributed by atoms with Gasteiger partial charge in [0.1, 0.15) is 0 Å². The van der Waals surface area contributed by atoms with E-state index >= 15 is 0 Å². The van der Waals surface area contributed by atoms with Gasteiger partial charge in [0.05, 0.1) is 0 Å². The second kappa shape index (κ2) is 48.7. The lowest BCUT2D eigenvalue weighted by atomic mass is 10.0. The maximum atomic E-state index is 3.45. The topological polar surface area (TPSA) is 0 Å². The highest BCUT2D eigenvalue weighted by atomic mass is 79.9. The zero-order valence-corrected chi connectivity index (χ0v) is 55.2. The molecule has 0 amide bonds. The lowest BCUT2D eigenvalue weighted by Gasteiger charge is -2.05. The summed E-state index contributed by atoms with van der Waals surface area (Å²) in [7, 11) is 0. The molecule has 0 N–H and O–H groups in total. The molecule has 0 aliphatic carbocycles. The van der Waals surface area contributed by atoms with Gasteiger partial charge in [-0.3, -0.25) is 0 Å². The average Bonchev–Trinajstić information content (AvgIpc) is 3.50. The quantitative estimate of drug-likeness (QED) is 0.0560. The van der Waals surface area contributed by atoms with E-state index < -0.39 is 0 Å². The van der Waals surface area contributed by atoms with E-state index in [-0.39, 0.29) is 0 Å². The number of hydrogen-bond acceptors (Lipinski definition) is 0. The molecule has 8 aromatic rings. The van der Waals surface area contributed by atoms with Crippen LogP contribution in [-0.2, 0) is 44.9 Å². The highest BCUT2D eigenvalue weighted by Gasteiger charge is 2.00. The van der Waals surface area contributed by atoms with Crippen LogP contribution in [0.2, 0.25) is 0 Å². The fraction of sp³-hybridized carbons (Fsp3) is 0.407. The fourth-order valence-corrected chi connectivity index (χ4v) is 9.55. The first kappa shape index (κ1) is 72.3. The summed E-state index contributed by atoms with van der Waals surface area (Å²) in [6, 6.07) is 73.7. The highest BCUT2D eigenvalue weighted by Crippen LogP contribution is 2.21. The van der Waals surface area contributed by atoms with Crippen molar-refractivity contribution in [2.75, 3.05) is 0 Å². The standard InChI is InChI=1S/C16H18.5C11H16.C10H13Br/c1-2-3-8-14-9-7-12-16(13-14)15-10-5-4-6-11-15;1-3-4-8-11-9-6-5-7-10(11)2;2*1-3-4-7-11-8-5-6-10(2)9-11;1-3-4-5-11-8-6-10(2)7-9-11;1-2-3-5-8-11-9-6-4-7-10-11;1-2-3-5-9-6-4-7-10(11)8-9/h4-7,9-13H,2-3,8H2,1H3;5-7,9H,3-4,8H2,1-2H3;2*5-6,8-9H,3-4,7H2,1-2H3;6-9H,3-5H2,1-2H3;4,6-7,9-10H,2-3,5,8H2,1H3;4,6-8H,2-3,5H2,1H3. The zero-order chi connectivity index (χ0) is 59.7. The molecule has 8 rings (SSSR count). The minimum atomic E-state index is 1.19. The molecule has 0 spiro atoms. The molecule has 0 unspecified atom stereocenters. The minimum absolute atomic E-state index is 1.19. The van der Waals surface area contributed by atoms with Crippen LogP contribution in [0.3, 0.4) is 0 Å². The molecule has 1 heteroatoms. The van der Waals surface area contributed by atoms with Crippen molar-refractivity contribution >= 4 is 15.9 Å². The summed E-state index contributed by atoms with van der Waals surface area (Å²) in [4.78, 5) is 0. The van der Waals surface area contributed by atoms with Crippen molar-refractivity contribution in [1.29, 1.82) is 0 Å². The van der Waals surface area contributed by atoms with Crippen LogP contribution in [0.1, 0.15) is 206 Å². The molecule has 0 nitrogen and oxygen atoms in total. The van der Waals surface area contributed by atoms with E-state index in [4.69, 9.17) is 0 Å². The van der Waals surface area contributed by atoms with Gasteiger partial charge in [0.2, 0.25) is 0 Å². The number of halogens is 1. The number of rotatable bonds is 23.